The summed E-state index contributed by atoms with van der Waals surface area (Å²) in [5, 5.41) is 1.19. The number of nitrogens with two attached hydrogens (primary N) is 1. The van der Waals surface area contributed by atoms with E-state index in [1.54, 1.807) is 6.07 Å². The molecule has 0 radical (unpaired) electrons. The first-order valence-corrected chi connectivity index (χ1v) is 4.97. The Labute approximate surface area is 104 Å². The molecule has 2 N–H and O–H groups in total. The minimum absolute atomic E-state index is 0. The van der Waals surface area contributed by atoms with Gasteiger partial charge in [0.1, 0.15) is 11.8 Å². The molecule has 0 unspecified atom stereocenters. The maximum Gasteiger partial charge on any atom is 0.134 e. The molecule has 1 aromatic carbocycles. The first-order valence-electron chi connectivity index (χ1n) is 4.59. The zero-order valence-corrected chi connectivity index (χ0v) is 9.93. The highest BCUT2D eigenvalue weighted by Crippen LogP contribution is 2.24. The molecule has 2 aromatic rings. The van der Waals surface area contributed by atoms with Gasteiger partial charge in [0.2, 0.25) is 0 Å². The van der Waals surface area contributed by atoms with Crippen molar-refractivity contribution in [2.75, 3.05) is 6.67 Å². The van der Waals surface area contributed by atoms with Crippen molar-refractivity contribution in [3.63, 3.8) is 0 Å². The van der Waals surface area contributed by atoms with E-state index >= 15 is 0 Å². The number of hydrogen-bond donors (Lipinski definition) is 1. The average molecular weight is 261 g/mol. The van der Waals surface area contributed by atoms with Gasteiger partial charge in [0, 0.05) is 10.9 Å². The molecule has 2 rings (SSSR count). The number of aromatic nitrogens is 1. The van der Waals surface area contributed by atoms with Gasteiger partial charge >= 0.3 is 0 Å². The van der Waals surface area contributed by atoms with Crippen LogP contribution in [0.15, 0.2) is 30.3 Å². The number of pyridine rings is 1. The maximum atomic E-state index is 12.4. The normalized spacial score (nSPS) is 12.2. The zero-order valence-electron chi connectivity index (χ0n) is 8.36. The molecule has 0 spiro atoms. The maximum absolute atomic E-state index is 12.4. The first kappa shape index (κ1) is 13.2. The van der Waals surface area contributed by atoms with Crippen LogP contribution in [0.4, 0.5) is 4.39 Å². The molecule has 0 aliphatic carbocycles. The van der Waals surface area contributed by atoms with E-state index in [2.05, 4.69) is 4.98 Å². The van der Waals surface area contributed by atoms with Crippen molar-refractivity contribution < 1.29 is 4.39 Å². The fourth-order valence-electron chi connectivity index (χ4n) is 1.45. The molecule has 5 heteroatoms. The molecule has 86 valence electrons. The van der Waals surface area contributed by atoms with Crippen molar-refractivity contribution in [2.24, 2.45) is 5.73 Å². The van der Waals surface area contributed by atoms with Crippen LogP contribution in [0.2, 0.25) is 5.15 Å². The number of benzene rings is 1. The number of nitrogens with zero attached hydrogens (tertiary/aromatic N) is 1. The highest BCUT2D eigenvalue weighted by Gasteiger charge is 2.11. The van der Waals surface area contributed by atoms with Crippen molar-refractivity contribution in [3.8, 4) is 0 Å². The summed E-state index contributed by atoms with van der Waals surface area (Å²) in [5.74, 6) is 0. The molecule has 0 amide bonds. The molecule has 16 heavy (non-hydrogen) atoms. The molecule has 1 aromatic heterocycles. The zero-order chi connectivity index (χ0) is 10.8. The van der Waals surface area contributed by atoms with Gasteiger partial charge in [-0.25, -0.2) is 9.37 Å². The van der Waals surface area contributed by atoms with Gasteiger partial charge in [-0.2, -0.15) is 0 Å². The average Bonchev–Trinajstić information content (AvgIpc) is 2.27. The van der Waals surface area contributed by atoms with Crippen LogP contribution < -0.4 is 5.73 Å². The lowest BCUT2D eigenvalue weighted by Gasteiger charge is -2.10. The number of para-hydroxylation sites is 1. The molecule has 1 heterocycles. The molecule has 2 nitrogen and oxygen atoms in total. The minimum Gasteiger partial charge on any atom is -0.322 e. The number of fused-ring (bicyclic) bond motifs is 1. The number of halogens is 3. The van der Waals surface area contributed by atoms with Gasteiger partial charge in [-0.05, 0) is 12.1 Å². The smallest absolute Gasteiger partial charge is 0.134 e. The second-order valence-electron chi connectivity index (χ2n) is 3.32. The highest BCUT2D eigenvalue weighted by atomic mass is 35.5. The molecule has 0 saturated heterocycles. The van der Waals surface area contributed by atoms with Crippen molar-refractivity contribution in [1.82, 2.24) is 4.98 Å². The Morgan fingerprint density at radius 2 is 2.06 bits per heavy atom. The van der Waals surface area contributed by atoms with E-state index in [0.717, 1.165) is 10.9 Å². The highest BCUT2D eigenvalue weighted by molar-refractivity contribution is 6.30. The quantitative estimate of drug-likeness (QED) is 0.842. The standard InChI is InChI=1S/C11H10ClFN2.ClH/c12-11-8(9(14)6-13)5-7-3-1-2-4-10(7)15-11;/h1-5,9H,6,14H2;1H/t9-;/m0./s1. The van der Waals surface area contributed by atoms with Crippen molar-refractivity contribution in [3.05, 3.63) is 41.0 Å². The van der Waals surface area contributed by atoms with E-state index in [0.29, 0.717) is 5.56 Å². The number of rotatable bonds is 2. The first-order chi connectivity index (χ1) is 7.22. The van der Waals surface area contributed by atoms with Gasteiger partial charge in [0.05, 0.1) is 11.6 Å². The Morgan fingerprint density at radius 1 is 1.38 bits per heavy atom. The summed E-state index contributed by atoms with van der Waals surface area (Å²) in [4.78, 5) is 4.16. The van der Waals surface area contributed by atoms with Gasteiger partial charge in [-0.3, -0.25) is 0 Å². The van der Waals surface area contributed by atoms with Crippen LogP contribution in [0, 0.1) is 0 Å². The summed E-state index contributed by atoms with van der Waals surface area (Å²) in [7, 11) is 0. The summed E-state index contributed by atoms with van der Waals surface area (Å²) >= 11 is 5.92. The van der Waals surface area contributed by atoms with Crippen LogP contribution in [-0.2, 0) is 0 Å². The molecule has 0 saturated carbocycles. The van der Waals surface area contributed by atoms with Crippen molar-refractivity contribution in [2.45, 2.75) is 6.04 Å². The summed E-state index contributed by atoms with van der Waals surface area (Å²) in [5.41, 5.74) is 6.93. The molecule has 0 bridgehead atoms. The van der Waals surface area contributed by atoms with Crippen molar-refractivity contribution >= 4 is 34.9 Å². The van der Waals surface area contributed by atoms with E-state index in [1.165, 1.54) is 0 Å². The van der Waals surface area contributed by atoms with E-state index in [9.17, 15) is 4.39 Å². The Kier molecular flexibility index (Phi) is 4.47. The second kappa shape index (κ2) is 5.43. The monoisotopic (exact) mass is 260 g/mol. The fourth-order valence-corrected chi connectivity index (χ4v) is 1.74. The minimum atomic E-state index is -0.699. The summed E-state index contributed by atoms with van der Waals surface area (Å²) in [6.45, 7) is -0.639. The third-order valence-corrected chi connectivity index (χ3v) is 2.57. The number of alkyl halides is 1. The van der Waals surface area contributed by atoms with Gasteiger partial charge in [-0.15, -0.1) is 12.4 Å². The third kappa shape index (κ3) is 2.43. The molecule has 0 aliphatic heterocycles. The summed E-state index contributed by atoms with van der Waals surface area (Å²) in [6, 6.07) is 8.60. The lowest BCUT2D eigenvalue weighted by Crippen LogP contribution is -2.13. The van der Waals surface area contributed by atoms with Gasteiger partial charge in [0.15, 0.2) is 0 Å². The summed E-state index contributed by atoms with van der Waals surface area (Å²) in [6.07, 6.45) is 0. The Hall–Kier alpha value is -0.900. The van der Waals surface area contributed by atoms with Crippen LogP contribution in [0.5, 0.6) is 0 Å². The van der Waals surface area contributed by atoms with E-state index in [-0.39, 0.29) is 17.6 Å². The second-order valence-corrected chi connectivity index (χ2v) is 3.68. The Bertz CT molecular complexity index is 490. The van der Waals surface area contributed by atoms with E-state index < -0.39 is 12.7 Å². The van der Waals surface area contributed by atoms with Crippen molar-refractivity contribution in [1.29, 1.82) is 0 Å². The van der Waals surface area contributed by atoms with Gasteiger partial charge in [0.25, 0.3) is 0 Å². The molecule has 0 fully saturated rings. The largest absolute Gasteiger partial charge is 0.322 e. The SMILES string of the molecule is Cl.N[C@@H](CF)c1cc2ccccc2nc1Cl. The third-order valence-electron chi connectivity index (χ3n) is 2.27. The van der Waals surface area contributed by atoms with E-state index in [1.807, 2.05) is 24.3 Å². The molecular formula is C11H11Cl2FN2. The Balaban J connectivity index is 0.00000128. The van der Waals surface area contributed by atoms with Gasteiger partial charge in [-0.1, -0.05) is 29.8 Å². The lowest BCUT2D eigenvalue weighted by molar-refractivity contribution is 0.437. The van der Waals surface area contributed by atoms with Crippen LogP contribution >= 0.6 is 24.0 Å². The van der Waals surface area contributed by atoms with Crippen LogP contribution in [-0.4, -0.2) is 11.7 Å². The molecule has 1 atom stereocenters. The fraction of sp³-hybridized carbons (Fsp3) is 0.182. The predicted molar refractivity (Wildman–Crippen MR) is 66.9 cm³/mol. The summed E-state index contributed by atoms with van der Waals surface area (Å²) < 4.78 is 12.4. The molecule has 0 aliphatic rings. The predicted octanol–water partition coefficient (Wildman–Crippen LogP) is 3.28. The van der Waals surface area contributed by atoms with Crippen LogP contribution in [0.1, 0.15) is 11.6 Å². The van der Waals surface area contributed by atoms with E-state index in [4.69, 9.17) is 17.3 Å². The molecular weight excluding hydrogens is 250 g/mol. The van der Waals surface area contributed by atoms with Crippen LogP contribution in [0.3, 0.4) is 0 Å². The number of hydrogen-bond acceptors (Lipinski definition) is 2. The van der Waals surface area contributed by atoms with Crippen LogP contribution in [0.25, 0.3) is 10.9 Å². The Morgan fingerprint density at radius 3 is 2.75 bits per heavy atom. The van der Waals surface area contributed by atoms with Gasteiger partial charge < -0.3 is 5.73 Å². The lowest BCUT2D eigenvalue weighted by atomic mass is 10.1. The topological polar surface area (TPSA) is 38.9 Å².